The number of nitrogens with zero attached hydrogens (tertiary/aromatic N) is 3. The number of guanidine groups is 1. The van der Waals surface area contributed by atoms with Gasteiger partial charge in [-0.1, -0.05) is 46.3 Å². The topological polar surface area (TPSA) is 77.4 Å². The maximum absolute atomic E-state index is 13.2. The van der Waals surface area contributed by atoms with Crippen molar-refractivity contribution in [3.63, 3.8) is 0 Å². The third kappa shape index (κ3) is 4.45. The van der Waals surface area contributed by atoms with Gasteiger partial charge in [0.2, 0.25) is 5.96 Å². The Morgan fingerprint density at radius 2 is 1.83 bits per heavy atom. The summed E-state index contributed by atoms with van der Waals surface area (Å²) in [4.78, 5) is 19.5. The Kier molecular flexibility index (Phi) is 6.15. The van der Waals surface area contributed by atoms with E-state index in [-0.39, 0.29) is 11.7 Å². The van der Waals surface area contributed by atoms with Crippen LogP contribution in [0.1, 0.15) is 24.1 Å². The van der Waals surface area contributed by atoms with Gasteiger partial charge < -0.3 is 9.84 Å². The predicted molar refractivity (Wildman–Crippen MR) is 140 cm³/mol. The number of phenolic OH excluding ortho intramolecular Hbond substituents is 1. The largest absolute Gasteiger partial charge is 0.508 e. The summed E-state index contributed by atoms with van der Waals surface area (Å²) in [6.07, 6.45) is 3.79. The lowest BCUT2D eigenvalue weighted by molar-refractivity contribution is -0.114. The van der Waals surface area contributed by atoms with Gasteiger partial charge in [-0.3, -0.25) is 9.69 Å². The number of methoxy groups -OCH3 is 1. The molecule has 2 aliphatic heterocycles. The van der Waals surface area contributed by atoms with Crippen LogP contribution >= 0.6 is 15.9 Å². The number of benzene rings is 3. The second-order valence-electron chi connectivity index (χ2n) is 8.14. The second-order valence-corrected chi connectivity index (χ2v) is 9.06. The van der Waals surface area contributed by atoms with Crippen molar-refractivity contribution in [1.82, 2.24) is 10.4 Å². The van der Waals surface area contributed by atoms with Crippen LogP contribution in [0.5, 0.6) is 11.5 Å². The highest BCUT2D eigenvalue weighted by atomic mass is 79.9. The average molecular weight is 531 g/mol. The van der Waals surface area contributed by atoms with E-state index in [9.17, 15) is 9.90 Å². The summed E-state index contributed by atoms with van der Waals surface area (Å²) >= 11 is 3.50. The summed E-state index contributed by atoms with van der Waals surface area (Å²) in [5, 5.41) is 12.3. The zero-order valence-electron chi connectivity index (χ0n) is 19.1. The zero-order chi connectivity index (χ0) is 24.5. The van der Waals surface area contributed by atoms with E-state index >= 15 is 0 Å². The fourth-order valence-electron chi connectivity index (χ4n) is 4.14. The number of para-hydroxylation sites is 1. The minimum Gasteiger partial charge on any atom is -0.508 e. The minimum atomic E-state index is -0.434. The number of amides is 1. The molecule has 0 bridgehead atoms. The molecule has 0 fully saturated rings. The van der Waals surface area contributed by atoms with Crippen molar-refractivity contribution in [2.45, 2.75) is 13.0 Å². The molecule has 8 heteroatoms. The number of phenols is 1. The van der Waals surface area contributed by atoms with E-state index < -0.39 is 6.04 Å². The summed E-state index contributed by atoms with van der Waals surface area (Å²) in [5.41, 5.74) is 6.99. The molecular weight excluding hydrogens is 508 g/mol. The van der Waals surface area contributed by atoms with Crippen molar-refractivity contribution < 1.29 is 14.6 Å². The van der Waals surface area contributed by atoms with Crippen LogP contribution in [-0.2, 0) is 4.79 Å². The molecule has 0 spiro atoms. The van der Waals surface area contributed by atoms with Gasteiger partial charge in [-0.25, -0.2) is 10.4 Å². The molecule has 2 heterocycles. The molecule has 1 atom stereocenters. The predicted octanol–water partition coefficient (Wildman–Crippen LogP) is 5.37. The third-order valence-corrected chi connectivity index (χ3v) is 6.34. The smallest absolute Gasteiger partial charge is 0.298 e. The number of carbonyl (C=O) groups is 1. The number of rotatable bonds is 4. The van der Waals surface area contributed by atoms with E-state index in [1.54, 1.807) is 30.3 Å². The summed E-state index contributed by atoms with van der Waals surface area (Å²) in [5.74, 6) is 0.950. The molecule has 0 saturated carbocycles. The molecule has 5 rings (SSSR count). The number of hydrogen-bond donors (Lipinski definition) is 2. The van der Waals surface area contributed by atoms with Crippen molar-refractivity contribution in [2.75, 3.05) is 12.0 Å². The van der Waals surface area contributed by atoms with Gasteiger partial charge in [0, 0.05) is 21.4 Å². The monoisotopic (exact) mass is 530 g/mol. The van der Waals surface area contributed by atoms with Gasteiger partial charge in [-0.2, -0.15) is 4.99 Å². The Morgan fingerprint density at radius 3 is 2.54 bits per heavy atom. The molecule has 7 nitrogen and oxygen atoms in total. The number of anilines is 1. The van der Waals surface area contributed by atoms with Gasteiger partial charge >= 0.3 is 0 Å². The van der Waals surface area contributed by atoms with Crippen LogP contribution in [0.2, 0.25) is 0 Å². The van der Waals surface area contributed by atoms with Crippen LogP contribution in [0, 0.1) is 0 Å². The van der Waals surface area contributed by atoms with Crippen molar-refractivity contribution >= 4 is 39.6 Å². The SMILES string of the molecule is COc1ccc(/C=C2\C(=O)N=C3N2NC(c2cc(Br)ccc2O)C=C(C)N3c2ccccc2)cc1. The molecule has 1 unspecified atom stereocenters. The molecule has 0 aromatic heterocycles. The number of hydrazine groups is 1. The first-order valence-corrected chi connectivity index (χ1v) is 11.8. The lowest BCUT2D eigenvalue weighted by Gasteiger charge is -2.29. The van der Waals surface area contributed by atoms with Crippen molar-refractivity contribution in [3.05, 3.63) is 106 Å². The van der Waals surface area contributed by atoms with Crippen LogP contribution < -0.4 is 15.1 Å². The molecule has 2 N–H and O–H groups in total. The second kappa shape index (κ2) is 9.40. The number of hydrogen-bond acceptors (Lipinski definition) is 6. The van der Waals surface area contributed by atoms with Crippen molar-refractivity contribution in [2.24, 2.45) is 4.99 Å². The Labute approximate surface area is 211 Å². The number of fused-ring (bicyclic) bond motifs is 1. The van der Waals surface area contributed by atoms with Gasteiger partial charge in [-0.15, -0.1) is 0 Å². The molecule has 3 aromatic rings. The normalized spacial score (nSPS) is 18.8. The molecule has 3 aromatic carbocycles. The molecule has 0 saturated heterocycles. The quantitative estimate of drug-likeness (QED) is 0.441. The van der Waals surface area contributed by atoms with Crippen LogP contribution in [0.4, 0.5) is 5.69 Å². The van der Waals surface area contributed by atoms with E-state index in [2.05, 4.69) is 26.3 Å². The van der Waals surface area contributed by atoms with Crippen LogP contribution in [-0.4, -0.2) is 29.1 Å². The Bertz CT molecular complexity index is 1370. The van der Waals surface area contributed by atoms with Crippen LogP contribution in [0.25, 0.3) is 6.08 Å². The first-order chi connectivity index (χ1) is 16.9. The first kappa shape index (κ1) is 22.9. The first-order valence-electron chi connectivity index (χ1n) is 11.0. The number of ether oxygens (including phenoxy) is 1. The van der Waals surface area contributed by atoms with E-state index in [0.717, 1.165) is 27.2 Å². The summed E-state index contributed by atoms with van der Waals surface area (Å²) in [6.45, 7) is 1.96. The van der Waals surface area contributed by atoms with Crippen LogP contribution in [0.3, 0.4) is 0 Å². The van der Waals surface area contributed by atoms with Gasteiger partial charge in [0.15, 0.2) is 0 Å². The molecule has 1 amide bonds. The van der Waals surface area contributed by atoms with Crippen molar-refractivity contribution in [1.29, 1.82) is 0 Å². The zero-order valence-corrected chi connectivity index (χ0v) is 20.7. The molecule has 0 radical (unpaired) electrons. The molecule has 176 valence electrons. The van der Waals surface area contributed by atoms with E-state index in [0.29, 0.717) is 17.2 Å². The van der Waals surface area contributed by atoms with Crippen molar-refractivity contribution in [3.8, 4) is 11.5 Å². The van der Waals surface area contributed by atoms with E-state index in [1.807, 2.05) is 78.6 Å². The van der Waals surface area contributed by atoms with Crippen LogP contribution in [0.15, 0.2) is 99.7 Å². The molecular formula is C27H23BrN4O3. The molecule has 0 aliphatic carbocycles. The number of aromatic hydroxyl groups is 1. The highest BCUT2D eigenvalue weighted by Crippen LogP contribution is 2.35. The fourth-order valence-corrected chi connectivity index (χ4v) is 4.52. The lowest BCUT2D eigenvalue weighted by atomic mass is 10.0. The molecule has 35 heavy (non-hydrogen) atoms. The van der Waals surface area contributed by atoms with Gasteiger partial charge in [0.1, 0.15) is 17.2 Å². The Morgan fingerprint density at radius 1 is 1.09 bits per heavy atom. The number of aliphatic imine (C=N–C) groups is 1. The average Bonchev–Trinajstić information content (AvgIpc) is 3.07. The number of allylic oxidation sites excluding steroid dienone is 1. The maximum Gasteiger partial charge on any atom is 0.298 e. The highest BCUT2D eigenvalue weighted by molar-refractivity contribution is 9.10. The van der Waals surface area contributed by atoms with Gasteiger partial charge in [0.25, 0.3) is 5.91 Å². The highest BCUT2D eigenvalue weighted by Gasteiger charge is 2.38. The third-order valence-electron chi connectivity index (χ3n) is 5.85. The van der Waals surface area contributed by atoms with Gasteiger partial charge in [0.05, 0.1) is 13.2 Å². The van der Waals surface area contributed by atoms with Gasteiger partial charge in [-0.05, 0) is 67.1 Å². The lowest BCUT2D eigenvalue weighted by Crippen LogP contribution is -2.46. The van der Waals surface area contributed by atoms with E-state index in [1.165, 1.54) is 0 Å². The fraction of sp³-hybridized carbons (Fsp3) is 0.111. The standard InChI is InChI=1S/C27H23BrN4O3/c1-17-14-23(22-16-19(28)10-13-25(22)33)30-32-24(15-18-8-11-21(35-2)12-9-18)26(34)29-27(32)31(17)20-6-4-3-5-7-20/h3-16,23,30,33H,1-2H3/b24-15+. The summed E-state index contributed by atoms with van der Waals surface area (Å²) in [6, 6.07) is 22.0. The molecule has 2 aliphatic rings. The summed E-state index contributed by atoms with van der Waals surface area (Å²) < 4.78 is 6.08. The Balaban J connectivity index is 1.63. The minimum absolute atomic E-state index is 0.146. The number of carbonyl (C=O) groups excluding carboxylic acids is 1. The maximum atomic E-state index is 13.2. The number of halogens is 1. The Hall–Kier alpha value is -3.88. The van der Waals surface area contributed by atoms with E-state index in [4.69, 9.17) is 4.74 Å². The summed E-state index contributed by atoms with van der Waals surface area (Å²) in [7, 11) is 1.61. The number of nitrogens with one attached hydrogen (secondary N) is 1.